The van der Waals surface area contributed by atoms with Crippen molar-refractivity contribution in [1.82, 2.24) is 9.97 Å². The molecular weight excluding hydrogens is 214 g/mol. The van der Waals surface area contributed by atoms with E-state index in [1.807, 2.05) is 13.0 Å². The van der Waals surface area contributed by atoms with E-state index in [0.29, 0.717) is 18.4 Å². The molecule has 0 radical (unpaired) electrons. The number of rotatable bonds is 3. The van der Waals surface area contributed by atoms with Crippen molar-refractivity contribution in [3.05, 3.63) is 18.0 Å². The molecule has 0 spiro atoms. The van der Waals surface area contributed by atoms with E-state index >= 15 is 0 Å². The van der Waals surface area contributed by atoms with Gasteiger partial charge in [-0.2, -0.15) is 0 Å². The first kappa shape index (κ1) is 12.3. The molecule has 2 rings (SSSR count). The van der Waals surface area contributed by atoms with Gasteiger partial charge in [-0.25, -0.2) is 9.97 Å². The van der Waals surface area contributed by atoms with Gasteiger partial charge in [0, 0.05) is 18.4 Å². The van der Waals surface area contributed by atoms with E-state index in [1.165, 1.54) is 6.42 Å². The van der Waals surface area contributed by atoms with E-state index in [9.17, 15) is 5.11 Å². The quantitative estimate of drug-likeness (QED) is 0.842. The van der Waals surface area contributed by atoms with Crippen molar-refractivity contribution >= 4 is 5.95 Å². The number of aryl methyl sites for hydroxylation is 1. The largest absolute Gasteiger partial charge is 0.388 e. The first-order valence-electron chi connectivity index (χ1n) is 6.33. The smallest absolute Gasteiger partial charge is 0.222 e. The average Bonchev–Trinajstić information content (AvgIpc) is 2.26. The molecule has 2 N–H and O–H groups in total. The number of aromatic nitrogens is 2. The highest BCUT2D eigenvalue weighted by Crippen LogP contribution is 2.32. The maximum atomic E-state index is 10.5. The van der Waals surface area contributed by atoms with E-state index in [4.69, 9.17) is 0 Å². The first-order valence-corrected chi connectivity index (χ1v) is 6.33. The Morgan fingerprint density at radius 1 is 1.59 bits per heavy atom. The predicted octanol–water partition coefficient (Wildman–Crippen LogP) is 2.14. The summed E-state index contributed by atoms with van der Waals surface area (Å²) in [4.78, 5) is 8.42. The van der Waals surface area contributed by atoms with Gasteiger partial charge in [0.1, 0.15) is 0 Å². The molecule has 4 heteroatoms. The van der Waals surface area contributed by atoms with Crippen LogP contribution in [0, 0.1) is 12.8 Å². The Bertz CT molecular complexity index is 383. The third-order valence-electron chi connectivity index (χ3n) is 3.44. The number of nitrogens with one attached hydrogen (secondary N) is 1. The third kappa shape index (κ3) is 3.40. The van der Waals surface area contributed by atoms with Crippen molar-refractivity contribution in [2.45, 2.75) is 45.1 Å². The number of hydrogen-bond donors (Lipinski definition) is 2. The van der Waals surface area contributed by atoms with Crippen LogP contribution in [0.5, 0.6) is 0 Å². The Balaban J connectivity index is 1.93. The van der Waals surface area contributed by atoms with Crippen LogP contribution in [0.1, 0.15) is 38.3 Å². The maximum absolute atomic E-state index is 10.5. The van der Waals surface area contributed by atoms with Gasteiger partial charge in [-0.1, -0.05) is 19.8 Å². The summed E-state index contributed by atoms with van der Waals surface area (Å²) in [7, 11) is 0. The van der Waals surface area contributed by atoms with Gasteiger partial charge in [-0.05, 0) is 31.7 Å². The normalized spacial score (nSPS) is 29.0. The lowest BCUT2D eigenvalue weighted by atomic mass is 9.79. The summed E-state index contributed by atoms with van der Waals surface area (Å²) < 4.78 is 0. The lowest BCUT2D eigenvalue weighted by Crippen LogP contribution is -2.41. The van der Waals surface area contributed by atoms with Gasteiger partial charge in [0.2, 0.25) is 5.95 Å². The average molecular weight is 235 g/mol. The van der Waals surface area contributed by atoms with Crippen molar-refractivity contribution in [3.63, 3.8) is 0 Å². The summed E-state index contributed by atoms with van der Waals surface area (Å²) in [6, 6.07) is 1.86. The minimum Gasteiger partial charge on any atom is -0.388 e. The fourth-order valence-electron chi connectivity index (χ4n) is 2.57. The predicted molar refractivity (Wildman–Crippen MR) is 67.8 cm³/mol. The molecule has 0 amide bonds. The molecule has 94 valence electrons. The minimum atomic E-state index is -0.592. The number of nitrogens with zero attached hydrogens (tertiary/aromatic N) is 2. The van der Waals surface area contributed by atoms with E-state index in [1.54, 1.807) is 6.20 Å². The molecule has 0 saturated heterocycles. The maximum Gasteiger partial charge on any atom is 0.222 e. The van der Waals surface area contributed by atoms with E-state index in [0.717, 1.165) is 25.0 Å². The lowest BCUT2D eigenvalue weighted by Gasteiger charge is -2.35. The van der Waals surface area contributed by atoms with Crippen LogP contribution in [0.2, 0.25) is 0 Å². The molecule has 2 unspecified atom stereocenters. The van der Waals surface area contributed by atoms with Crippen molar-refractivity contribution in [3.8, 4) is 0 Å². The van der Waals surface area contributed by atoms with Crippen LogP contribution in [-0.4, -0.2) is 27.2 Å². The molecule has 1 heterocycles. The SMILES string of the molecule is Cc1ccnc(NCC2(O)CCCC(C)C2)n1. The Morgan fingerprint density at radius 2 is 2.41 bits per heavy atom. The van der Waals surface area contributed by atoms with Gasteiger partial charge >= 0.3 is 0 Å². The van der Waals surface area contributed by atoms with E-state index < -0.39 is 5.60 Å². The molecule has 17 heavy (non-hydrogen) atoms. The molecule has 0 aromatic carbocycles. The van der Waals surface area contributed by atoms with E-state index in [2.05, 4.69) is 22.2 Å². The highest BCUT2D eigenvalue weighted by molar-refractivity contribution is 5.25. The zero-order valence-corrected chi connectivity index (χ0v) is 10.6. The fraction of sp³-hybridized carbons (Fsp3) is 0.692. The van der Waals surface area contributed by atoms with Gasteiger partial charge in [-0.15, -0.1) is 0 Å². The molecule has 4 nitrogen and oxygen atoms in total. The van der Waals surface area contributed by atoms with Crippen LogP contribution < -0.4 is 5.32 Å². The monoisotopic (exact) mass is 235 g/mol. The summed E-state index contributed by atoms with van der Waals surface area (Å²) in [6.07, 6.45) is 5.80. The molecule has 1 aliphatic rings. The standard InChI is InChI=1S/C13H21N3O/c1-10-4-3-6-13(17,8-10)9-15-12-14-7-5-11(2)16-12/h5,7,10,17H,3-4,6,8-9H2,1-2H3,(H,14,15,16). The van der Waals surface area contributed by atoms with Crippen molar-refractivity contribution in [2.75, 3.05) is 11.9 Å². The summed E-state index contributed by atoms with van der Waals surface area (Å²) in [5, 5.41) is 13.6. The van der Waals surface area contributed by atoms with Crippen LogP contribution in [0.25, 0.3) is 0 Å². The Morgan fingerprint density at radius 3 is 3.12 bits per heavy atom. The Labute approximate surface area is 102 Å². The van der Waals surface area contributed by atoms with Crippen LogP contribution in [0.15, 0.2) is 12.3 Å². The fourth-order valence-corrected chi connectivity index (χ4v) is 2.57. The molecule has 0 aliphatic heterocycles. The van der Waals surface area contributed by atoms with Crippen molar-refractivity contribution in [1.29, 1.82) is 0 Å². The third-order valence-corrected chi connectivity index (χ3v) is 3.44. The van der Waals surface area contributed by atoms with Gasteiger partial charge in [0.25, 0.3) is 0 Å². The second kappa shape index (κ2) is 5.00. The molecule has 1 fully saturated rings. The molecule has 2 atom stereocenters. The molecule has 0 bridgehead atoms. The lowest BCUT2D eigenvalue weighted by molar-refractivity contribution is -0.000899. The summed E-state index contributed by atoms with van der Waals surface area (Å²) >= 11 is 0. The summed E-state index contributed by atoms with van der Waals surface area (Å²) in [5.74, 6) is 1.21. The van der Waals surface area contributed by atoms with Crippen molar-refractivity contribution in [2.24, 2.45) is 5.92 Å². The summed E-state index contributed by atoms with van der Waals surface area (Å²) in [6.45, 7) is 4.68. The highest BCUT2D eigenvalue weighted by atomic mass is 16.3. The first-order chi connectivity index (χ1) is 8.07. The molecule has 1 saturated carbocycles. The van der Waals surface area contributed by atoms with Crippen LogP contribution in [0.3, 0.4) is 0 Å². The summed E-state index contributed by atoms with van der Waals surface area (Å²) in [5.41, 5.74) is 0.344. The van der Waals surface area contributed by atoms with Gasteiger partial charge in [0.15, 0.2) is 0 Å². The van der Waals surface area contributed by atoms with Crippen LogP contribution in [0.4, 0.5) is 5.95 Å². The van der Waals surface area contributed by atoms with Crippen LogP contribution >= 0.6 is 0 Å². The zero-order chi connectivity index (χ0) is 12.3. The van der Waals surface area contributed by atoms with Gasteiger partial charge in [0.05, 0.1) is 5.60 Å². The topological polar surface area (TPSA) is 58.0 Å². The number of hydrogen-bond acceptors (Lipinski definition) is 4. The van der Waals surface area contributed by atoms with Crippen molar-refractivity contribution < 1.29 is 5.11 Å². The highest BCUT2D eigenvalue weighted by Gasteiger charge is 2.32. The molecule has 1 aromatic rings. The zero-order valence-electron chi connectivity index (χ0n) is 10.6. The second-order valence-corrected chi connectivity index (χ2v) is 5.30. The minimum absolute atomic E-state index is 0.542. The van der Waals surface area contributed by atoms with Gasteiger partial charge in [-0.3, -0.25) is 0 Å². The number of anilines is 1. The van der Waals surface area contributed by atoms with Gasteiger partial charge < -0.3 is 10.4 Å². The molecule has 1 aliphatic carbocycles. The second-order valence-electron chi connectivity index (χ2n) is 5.30. The Hall–Kier alpha value is -1.16. The molecular formula is C13H21N3O. The van der Waals surface area contributed by atoms with Crippen LogP contribution in [-0.2, 0) is 0 Å². The molecule has 1 aromatic heterocycles. The number of aliphatic hydroxyl groups is 1. The van der Waals surface area contributed by atoms with E-state index in [-0.39, 0.29) is 0 Å². The Kier molecular flexibility index (Phi) is 3.62.